The predicted octanol–water partition coefficient (Wildman–Crippen LogP) is 1.45. The number of nitrogens with zero attached hydrogens (tertiary/aromatic N) is 4. The minimum atomic E-state index is -1.08. The van der Waals surface area contributed by atoms with Gasteiger partial charge in [0, 0.05) is 0 Å². The van der Waals surface area contributed by atoms with Crippen LogP contribution >= 0.6 is 0 Å². The highest BCUT2D eigenvalue weighted by atomic mass is 16.5. The molecule has 0 saturated carbocycles. The van der Waals surface area contributed by atoms with E-state index in [1.54, 1.807) is 62.8 Å². The van der Waals surface area contributed by atoms with Crippen molar-refractivity contribution in [3.8, 4) is 11.5 Å². The molecule has 0 amide bonds. The first-order valence-electron chi connectivity index (χ1n) is 7.83. The van der Waals surface area contributed by atoms with Crippen molar-refractivity contribution in [1.82, 2.24) is 20.4 Å². The summed E-state index contributed by atoms with van der Waals surface area (Å²) in [5.74, 6) is 1.44. The molecule has 0 aliphatic heterocycles. The number of aromatic nitrogens is 4. The molecule has 1 heterocycles. The second-order valence-corrected chi connectivity index (χ2v) is 5.47. The molecule has 0 unspecified atom stereocenters. The Morgan fingerprint density at radius 2 is 0.923 bits per heavy atom. The molecule has 1 aromatic heterocycles. The Morgan fingerprint density at radius 3 is 1.19 bits per heavy atom. The first-order valence-corrected chi connectivity index (χ1v) is 7.83. The number of hydrogen-bond acceptors (Lipinski definition) is 8. The van der Waals surface area contributed by atoms with Crippen molar-refractivity contribution in [1.29, 1.82) is 0 Å². The number of benzene rings is 2. The number of rotatable bonds is 6. The molecule has 0 radical (unpaired) electrons. The van der Waals surface area contributed by atoms with Gasteiger partial charge in [-0.25, -0.2) is 0 Å². The Bertz CT molecular complexity index is 766. The van der Waals surface area contributed by atoms with Gasteiger partial charge < -0.3 is 19.7 Å². The third-order valence-corrected chi connectivity index (χ3v) is 3.86. The van der Waals surface area contributed by atoms with E-state index in [0.717, 1.165) is 0 Å². The zero-order valence-corrected chi connectivity index (χ0v) is 14.3. The van der Waals surface area contributed by atoms with Crippen molar-refractivity contribution in [3.63, 3.8) is 0 Å². The first-order chi connectivity index (χ1) is 12.6. The lowest BCUT2D eigenvalue weighted by molar-refractivity contribution is 0.193. The summed E-state index contributed by atoms with van der Waals surface area (Å²) in [6.07, 6.45) is -2.15. The second kappa shape index (κ2) is 7.85. The average Bonchev–Trinajstić information content (AvgIpc) is 2.73. The quantitative estimate of drug-likeness (QED) is 0.684. The van der Waals surface area contributed by atoms with E-state index in [-0.39, 0.29) is 11.6 Å². The highest BCUT2D eigenvalue weighted by molar-refractivity contribution is 5.31. The van der Waals surface area contributed by atoms with E-state index in [9.17, 15) is 10.2 Å². The van der Waals surface area contributed by atoms with Gasteiger partial charge in [0.15, 0.2) is 0 Å². The molecular weight excluding hydrogens is 336 g/mol. The smallest absolute Gasteiger partial charge is 0.206 e. The van der Waals surface area contributed by atoms with Crippen molar-refractivity contribution >= 4 is 0 Å². The van der Waals surface area contributed by atoms with E-state index < -0.39 is 12.2 Å². The third-order valence-electron chi connectivity index (χ3n) is 3.86. The normalized spacial score (nSPS) is 13.1. The average molecular weight is 354 g/mol. The van der Waals surface area contributed by atoms with Crippen LogP contribution in [0.25, 0.3) is 0 Å². The van der Waals surface area contributed by atoms with Crippen molar-refractivity contribution in [2.24, 2.45) is 0 Å². The van der Waals surface area contributed by atoms with Crippen LogP contribution in [0.15, 0.2) is 48.5 Å². The van der Waals surface area contributed by atoms with Crippen LogP contribution < -0.4 is 9.47 Å². The lowest BCUT2D eigenvalue weighted by Crippen LogP contribution is -2.13. The van der Waals surface area contributed by atoms with E-state index >= 15 is 0 Å². The van der Waals surface area contributed by atoms with Crippen LogP contribution in [0.2, 0.25) is 0 Å². The van der Waals surface area contributed by atoms with Crippen LogP contribution in [-0.4, -0.2) is 44.8 Å². The lowest BCUT2D eigenvalue weighted by atomic mass is 10.1. The van der Waals surface area contributed by atoms with Gasteiger partial charge >= 0.3 is 0 Å². The molecule has 0 saturated heterocycles. The Morgan fingerprint density at radius 1 is 0.615 bits per heavy atom. The fourth-order valence-corrected chi connectivity index (χ4v) is 2.33. The van der Waals surface area contributed by atoms with Crippen molar-refractivity contribution in [2.45, 2.75) is 12.2 Å². The van der Waals surface area contributed by atoms with E-state index in [4.69, 9.17) is 9.47 Å². The van der Waals surface area contributed by atoms with Gasteiger partial charge in [-0.2, -0.15) is 0 Å². The fourth-order valence-electron chi connectivity index (χ4n) is 2.33. The molecule has 0 bridgehead atoms. The fraction of sp³-hybridized carbons (Fsp3) is 0.222. The summed E-state index contributed by atoms with van der Waals surface area (Å²) in [6, 6.07) is 13.7. The van der Waals surface area contributed by atoms with Crippen molar-refractivity contribution in [2.75, 3.05) is 14.2 Å². The molecule has 134 valence electrons. The van der Waals surface area contributed by atoms with E-state index in [1.165, 1.54) is 0 Å². The topological polar surface area (TPSA) is 110 Å². The van der Waals surface area contributed by atoms with Gasteiger partial charge in [-0.3, -0.25) is 0 Å². The summed E-state index contributed by atoms with van der Waals surface area (Å²) >= 11 is 0. The minimum absolute atomic E-state index is 0.0425. The van der Waals surface area contributed by atoms with Crippen LogP contribution in [0.4, 0.5) is 0 Å². The number of hydrogen-bond donors (Lipinski definition) is 2. The maximum Gasteiger partial charge on any atom is 0.206 e. The Labute approximate surface area is 150 Å². The maximum absolute atomic E-state index is 10.3. The molecule has 0 aliphatic carbocycles. The van der Waals surface area contributed by atoms with E-state index in [2.05, 4.69) is 20.4 Å². The van der Waals surface area contributed by atoms with Crippen molar-refractivity contribution < 1.29 is 19.7 Å². The molecule has 2 aromatic carbocycles. The number of methoxy groups -OCH3 is 2. The first kappa shape index (κ1) is 17.7. The molecule has 8 nitrogen and oxygen atoms in total. The van der Waals surface area contributed by atoms with Gasteiger partial charge in [-0.05, 0) is 35.4 Å². The number of aliphatic hydroxyl groups is 2. The molecule has 3 aromatic rings. The minimum Gasteiger partial charge on any atom is -0.497 e. The summed E-state index contributed by atoms with van der Waals surface area (Å²) in [5, 5.41) is 36.2. The predicted molar refractivity (Wildman–Crippen MR) is 91.7 cm³/mol. The SMILES string of the molecule is COc1ccc([C@@H](O)c2nnc([C@H](O)c3ccc(OC)cc3)nn2)cc1. The number of ether oxygens (including phenoxy) is 2. The molecule has 0 fully saturated rings. The van der Waals surface area contributed by atoms with E-state index in [1.807, 2.05) is 0 Å². The van der Waals surface area contributed by atoms with Gasteiger partial charge in [0.25, 0.3) is 0 Å². The Kier molecular flexibility index (Phi) is 5.35. The van der Waals surface area contributed by atoms with Crippen LogP contribution in [0, 0.1) is 0 Å². The molecule has 3 rings (SSSR count). The van der Waals surface area contributed by atoms with Crippen LogP contribution in [0.1, 0.15) is 35.0 Å². The summed E-state index contributed by atoms with van der Waals surface area (Å²) < 4.78 is 10.2. The van der Waals surface area contributed by atoms with Crippen molar-refractivity contribution in [3.05, 3.63) is 71.3 Å². The monoisotopic (exact) mass is 354 g/mol. The molecule has 2 N–H and O–H groups in total. The van der Waals surface area contributed by atoms with E-state index in [0.29, 0.717) is 22.6 Å². The van der Waals surface area contributed by atoms with Gasteiger partial charge in [0.2, 0.25) is 11.6 Å². The zero-order valence-electron chi connectivity index (χ0n) is 14.3. The van der Waals surface area contributed by atoms with Gasteiger partial charge in [0.1, 0.15) is 23.7 Å². The summed E-state index contributed by atoms with van der Waals surface area (Å²) in [6.45, 7) is 0. The molecule has 0 spiro atoms. The zero-order chi connectivity index (χ0) is 18.5. The highest BCUT2D eigenvalue weighted by Crippen LogP contribution is 2.23. The summed E-state index contributed by atoms with van der Waals surface area (Å²) in [7, 11) is 3.13. The third kappa shape index (κ3) is 3.76. The number of aliphatic hydroxyl groups excluding tert-OH is 2. The molecule has 0 aliphatic rings. The Balaban J connectivity index is 1.76. The van der Waals surface area contributed by atoms with Gasteiger partial charge in [0.05, 0.1) is 14.2 Å². The Hall–Kier alpha value is -3.10. The molecule has 8 heteroatoms. The standard InChI is InChI=1S/C18H18N4O4/c1-25-13-7-3-11(4-8-13)15(23)17-19-21-18(22-20-17)16(24)12-5-9-14(26-2)10-6-12/h3-10,15-16,23-24H,1-2H3/t15-,16-/m1/s1. The summed E-state index contributed by atoms with van der Waals surface area (Å²) in [5.41, 5.74) is 1.16. The van der Waals surface area contributed by atoms with Crippen LogP contribution in [-0.2, 0) is 0 Å². The summed E-state index contributed by atoms with van der Waals surface area (Å²) in [4.78, 5) is 0. The lowest BCUT2D eigenvalue weighted by Gasteiger charge is -2.11. The van der Waals surface area contributed by atoms with Crippen LogP contribution in [0.3, 0.4) is 0 Å². The van der Waals surface area contributed by atoms with Crippen LogP contribution in [0.5, 0.6) is 11.5 Å². The largest absolute Gasteiger partial charge is 0.497 e. The molecule has 26 heavy (non-hydrogen) atoms. The van der Waals surface area contributed by atoms with Gasteiger partial charge in [-0.15, -0.1) is 20.4 Å². The maximum atomic E-state index is 10.3. The molecule has 2 atom stereocenters. The van der Waals surface area contributed by atoms with Gasteiger partial charge in [-0.1, -0.05) is 24.3 Å². The second-order valence-electron chi connectivity index (χ2n) is 5.47. The molecular formula is C18H18N4O4. The highest BCUT2D eigenvalue weighted by Gasteiger charge is 2.19.